The van der Waals surface area contributed by atoms with Gasteiger partial charge in [0, 0.05) is 6.42 Å². The third-order valence-corrected chi connectivity index (χ3v) is 10.6. The molecule has 310 valence electrons. The summed E-state index contributed by atoms with van der Waals surface area (Å²) in [7, 11) is -5.07. The van der Waals surface area contributed by atoms with Gasteiger partial charge in [0.1, 0.15) is 24.4 Å². The van der Waals surface area contributed by atoms with Crippen LogP contribution in [-0.4, -0.2) is 95.4 Å². The van der Waals surface area contributed by atoms with Crippen molar-refractivity contribution in [3.8, 4) is 0 Å². The lowest BCUT2D eigenvalue weighted by Crippen LogP contribution is -2.61. The zero-order chi connectivity index (χ0) is 38.5. The van der Waals surface area contributed by atoms with Crippen molar-refractivity contribution in [1.29, 1.82) is 0 Å². The Morgan fingerprint density at radius 2 is 1.12 bits per heavy atom. The zero-order valence-electron chi connectivity index (χ0n) is 32.6. The van der Waals surface area contributed by atoms with Crippen molar-refractivity contribution in [2.24, 2.45) is 0 Å². The van der Waals surface area contributed by atoms with E-state index in [0.29, 0.717) is 12.8 Å². The highest BCUT2D eigenvalue weighted by atomic mass is 32.3. The first kappa shape index (κ1) is 49.1. The monoisotopic (exact) mass is 768 g/mol. The lowest BCUT2D eigenvalue weighted by atomic mass is 9.99. The smallest absolute Gasteiger partial charge is 0.394 e. The Kier molecular flexibility index (Phi) is 29.6. The highest BCUT2D eigenvalue weighted by molar-refractivity contribution is 7.80. The highest BCUT2D eigenvalue weighted by Gasteiger charge is 2.48. The predicted octanol–water partition coefficient (Wildman–Crippen LogP) is 7.05. The van der Waals surface area contributed by atoms with Gasteiger partial charge < -0.3 is 35.2 Å². The van der Waals surface area contributed by atoms with Gasteiger partial charge in [-0.05, 0) is 12.8 Å². The molecule has 0 saturated carbocycles. The van der Waals surface area contributed by atoms with Gasteiger partial charge in [-0.2, -0.15) is 8.42 Å². The number of aliphatic hydroxyl groups excluding tert-OH is 4. The summed E-state index contributed by atoms with van der Waals surface area (Å²) in [5.41, 5.74) is 0. The SMILES string of the molecule is CCCCCCCCCCCCCCCCCC(O)C(COC1OC(CO)C(O)C(OS(=O)(=O)O)C1O)NC(=O)CCCCCCCCCCCC. The average Bonchev–Trinajstić information content (AvgIpc) is 3.11. The molecule has 1 aliphatic heterocycles. The number of rotatable bonds is 35. The standard InChI is InChI=1S/C39H77NO11S/c1-3-5-7-9-11-13-15-16-17-18-19-20-22-24-26-28-33(42)32(40-35(43)29-27-25-23-21-14-12-10-8-6-4-2)31-49-39-37(45)38(51-52(46,47)48)36(44)34(30-41)50-39/h32-34,36-39,41-42,44-45H,3-31H2,1-2H3,(H,40,43)(H,46,47,48). The number of hydrogen-bond acceptors (Lipinski definition) is 10. The van der Waals surface area contributed by atoms with Crippen molar-refractivity contribution in [1.82, 2.24) is 5.32 Å². The van der Waals surface area contributed by atoms with Crippen LogP contribution in [0, 0.1) is 0 Å². The molecule has 1 rings (SSSR count). The molecule has 1 fully saturated rings. The lowest BCUT2D eigenvalue weighted by molar-refractivity contribution is -0.298. The molecule has 0 spiro atoms. The molecule has 0 aromatic carbocycles. The van der Waals surface area contributed by atoms with Crippen molar-refractivity contribution in [3.63, 3.8) is 0 Å². The number of carbonyl (C=O) groups excluding carboxylic acids is 1. The van der Waals surface area contributed by atoms with Crippen LogP contribution in [0.25, 0.3) is 0 Å². The van der Waals surface area contributed by atoms with Gasteiger partial charge in [-0.25, -0.2) is 4.18 Å². The summed E-state index contributed by atoms with van der Waals surface area (Å²) in [6.45, 7) is 3.41. The highest BCUT2D eigenvalue weighted by Crippen LogP contribution is 2.26. The Hall–Kier alpha value is -0.900. The Balaban J connectivity index is 2.55. The van der Waals surface area contributed by atoms with Crippen LogP contribution in [0.4, 0.5) is 0 Å². The summed E-state index contributed by atoms with van der Waals surface area (Å²) in [5, 5.41) is 44.6. The van der Waals surface area contributed by atoms with Crippen LogP contribution in [0.3, 0.4) is 0 Å². The summed E-state index contributed by atoms with van der Waals surface area (Å²) < 4.78 is 47.5. The minimum absolute atomic E-state index is 0.231. The molecular formula is C39H77NO11S. The molecule has 0 aromatic rings. The quantitative estimate of drug-likeness (QED) is 0.0286. The first-order valence-corrected chi connectivity index (χ1v) is 22.3. The predicted molar refractivity (Wildman–Crippen MR) is 204 cm³/mol. The van der Waals surface area contributed by atoms with E-state index in [2.05, 4.69) is 23.3 Å². The Morgan fingerprint density at radius 1 is 0.692 bits per heavy atom. The van der Waals surface area contributed by atoms with Crippen LogP contribution < -0.4 is 5.32 Å². The molecule has 6 N–H and O–H groups in total. The average molecular weight is 768 g/mol. The number of ether oxygens (including phenoxy) is 2. The van der Waals surface area contributed by atoms with Gasteiger partial charge in [-0.15, -0.1) is 0 Å². The number of carbonyl (C=O) groups is 1. The Labute approximate surface area is 316 Å². The maximum Gasteiger partial charge on any atom is 0.397 e. The van der Waals surface area contributed by atoms with Crippen molar-refractivity contribution in [3.05, 3.63) is 0 Å². The second-order valence-electron chi connectivity index (χ2n) is 14.9. The molecule has 7 atom stereocenters. The van der Waals surface area contributed by atoms with Crippen LogP contribution in [-0.2, 0) is 28.9 Å². The molecule has 1 amide bonds. The van der Waals surface area contributed by atoms with Gasteiger partial charge in [0.25, 0.3) is 0 Å². The van der Waals surface area contributed by atoms with E-state index < -0.39 is 59.9 Å². The van der Waals surface area contributed by atoms with E-state index in [1.165, 1.54) is 109 Å². The fraction of sp³-hybridized carbons (Fsp3) is 0.974. The summed E-state index contributed by atoms with van der Waals surface area (Å²) in [5.74, 6) is -0.231. The molecular weight excluding hydrogens is 690 g/mol. The van der Waals surface area contributed by atoms with E-state index in [1.54, 1.807) is 0 Å². The van der Waals surface area contributed by atoms with E-state index >= 15 is 0 Å². The van der Waals surface area contributed by atoms with Gasteiger partial charge in [-0.3, -0.25) is 9.35 Å². The largest absolute Gasteiger partial charge is 0.397 e. The molecule has 1 aliphatic rings. The maximum atomic E-state index is 12.9. The van der Waals surface area contributed by atoms with Crippen LogP contribution in [0.5, 0.6) is 0 Å². The first-order chi connectivity index (χ1) is 25.0. The molecule has 0 radical (unpaired) electrons. The number of hydrogen-bond donors (Lipinski definition) is 6. The summed E-state index contributed by atoms with van der Waals surface area (Å²) in [6.07, 6.45) is 21.1. The summed E-state index contributed by atoms with van der Waals surface area (Å²) >= 11 is 0. The van der Waals surface area contributed by atoms with Gasteiger partial charge in [0.15, 0.2) is 6.29 Å². The number of aliphatic hydroxyl groups is 4. The molecule has 13 heteroatoms. The maximum absolute atomic E-state index is 12.9. The second kappa shape index (κ2) is 31.3. The van der Waals surface area contributed by atoms with Crippen LogP contribution in [0.15, 0.2) is 0 Å². The van der Waals surface area contributed by atoms with Crippen molar-refractivity contribution >= 4 is 16.3 Å². The normalized spacial score (nSPS) is 22.0. The van der Waals surface area contributed by atoms with E-state index in [-0.39, 0.29) is 12.5 Å². The number of amides is 1. The molecule has 1 heterocycles. The van der Waals surface area contributed by atoms with E-state index in [9.17, 15) is 33.6 Å². The van der Waals surface area contributed by atoms with Gasteiger partial charge in [-0.1, -0.05) is 168 Å². The third kappa shape index (κ3) is 24.5. The Bertz CT molecular complexity index is 957. The summed E-state index contributed by atoms with van der Waals surface area (Å²) in [4.78, 5) is 12.9. The number of nitrogens with one attached hydrogen (secondary N) is 1. The molecule has 12 nitrogen and oxygen atoms in total. The van der Waals surface area contributed by atoms with Crippen molar-refractivity contribution < 1.29 is 51.8 Å². The fourth-order valence-corrected chi connectivity index (χ4v) is 7.38. The Morgan fingerprint density at radius 3 is 1.54 bits per heavy atom. The van der Waals surface area contributed by atoms with E-state index in [1.807, 2.05) is 0 Å². The second-order valence-corrected chi connectivity index (χ2v) is 16.0. The van der Waals surface area contributed by atoms with Crippen LogP contribution >= 0.6 is 0 Å². The van der Waals surface area contributed by atoms with Crippen LogP contribution in [0.1, 0.15) is 187 Å². The number of unbranched alkanes of at least 4 members (excludes halogenated alkanes) is 23. The third-order valence-electron chi connectivity index (χ3n) is 10.2. The van der Waals surface area contributed by atoms with Gasteiger partial charge in [0.2, 0.25) is 5.91 Å². The molecule has 0 aromatic heterocycles. The minimum atomic E-state index is -5.07. The lowest BCUT2D eigenvalue weighted by Gasteiger charge is -2.41. The van der Waals surface area contributed by atoms with Crippen LogP contribution in [0.2, 0.25) is 0 Å². The molecule has 52 heavy (non-hydrogen) atoms. The van der Waals surface area contributed by atoms with E-state index in [0.717, 1.165) is 51.4 Å². The summed E-state index contributed by atoms with van der Waals surface area (Å²) in [6, 6.07) is -0.849. The molecule has 7 unspecified atom stereocenters. The van der Waals surface area contributed by atoms with Crippen molar-refractivity contribution in [2.45, 2.75) is 230 Å². The minimum Gasteiger partial charge on any atom is -0.394 e. The fourth-order valence-electron chi connectivity index (χ4n) is 6.87. The first-order valence-electron chi connectivity index (χ1n) is 20.9. The van der Waals surface area contributed by atoms with Gasteiger partial charge >= 0.3 is 10.4 Å². The zero-order valence-corrected chi connectivity index (χ0v) is 33.5. The molecule has 1 saturated heterocycles. The van der Waals surface area contributed by atoms with Gasteiger partial charge in [0.05, 0.1) is 25.4 Å². The van der Waals surface area contributed by atoms with E-state index in [4.69, 9.17) is 14.0 Å². The molecule has 0 aliphatic carbocycles. The topological polar surface area (TPSA) is 192 Å². The molecule has 0 bridgehead atoms. The van der Waals surface area contributed by atoms with Crippen molar-refractivity contribution in [2.75, 3.05) is 13.2 Å².